The predicted molar refractivity (Wildman–Crippen MR) is 68.1 cm³/mol. The summed E-state index contributed by atoms with van der Waals surface area (Å²) in [5.74, 6) is -0.0598. The van der Waals surface area contributed by atoms with Gasteiger partial charge in [-0.3, -0.25) is 4.79 Å². The molecule has 1 rings (SSSR count). The van der Waals surface area contributed by atoms with Gasteiger partial charge in [-0.25, -0.2) is 0 Å². The van der Waals surface area contributed by atoms with Gasteiger partial charge in [0.15, 0.2) is 0 Å². The highest BCUT2D eigenvalue weighted by atomic mass is 35.5. The van der Waals surface area contributed by atoms with Gasteiger partial charge < -0.3 is 10.2 Å². The van der Waals surface area contributed by atoms with Gasteiger partial charge in [0.05, 0.1) is 28.9 Å². The highest BCUT2D eigenvalue weighted by Gasteiger charge is 2.10. The van der Waals surface area contributed by atoms with E-state index >= 15 is 0 Å². The number of rotatable bonds is 4. The number of hydrogen-bond donors (Lipinski definition) is 1. The molecule has 0 aliphatic rings. The van der Waals surface area contributed by atoms with E-state index in [1.807, 2.05) is 13.0 Å². The minimum atomic E-state index is -0.0598. The minimum absolute atomic E-state index is 0.0598. The van der Waals surface area contributed by atoms with Crippen LogP contribution in [0.1, 0.15) is 12.5 Å². The van der Waals surface area contributed by atoms with Crippen molar-refractivity contribution >= 4 is 23.2 Å². The molecule has 0 atom stereocenters. The molecule has 0 aromatic heterocycles. The standard InChI is InChI=1S/C12H14ClN3O/c1-3-15-12(17)8-16(2)11-5-4-9(7-14)6-10(11)13/h4-6H,3,8H2,1-2H3,(H,15,17). The van der Waals surface area contributed by atoms with Crippen molar-refractivity contribution < 1.29 is 4.79 Å². The van der Waals surface area contributed by atoms with Crippen molar-refractivity contribution in [3.05, 3.63) is 28.8 Å². The molecule has 17 heavy (non-hydrogen) atoms. The molecule has 1 N–H and O–H groups in total. The molecule has 1 amide bonds. The molecule has 0 unspecified atom stereocenters. The number of nitriles is 1. The van der Waals surface area contributed by atoms with Gasteiger partial charge >= 0.3 is 0 Å². The monoisotopic (exact) mass is 251 g/mol. The van der Waals surface area contributed by atoms with Crippen molar-refractivity contribution in [2.24, 2.45) is 0 Å². The van der Waals surface area contributed by atoms with Crippen LogP contribution in [0, 0.1) is 11.3 Å². The predicted octanol–water partition coefficient (Wildman–Crippen LogP) is 1.78. The number of hydrogen-bond acceptors (Lipinski definition) is 3. The number of nitrogens with one attached hydrogen (secondary N) is 1. The fourth-order valence-electron chi connectivity index (χ4n) is 1.44. The molecule has 1 aromatic carbocycles. The van der Waals surface area contributed by atoms with E-state index in [9.17, 15) is 4.79 Å². The number of anilines is 1. The summed E-state index contributed by atoms with van der Waals surface area (Å²) in [5, 5.41) is 11.9. The van der Waals surface area contributed by atoms with Crippen LogP contribution in [0.3, 0.4) is 0 Å². The Kier molecular flexibility index (Phi) is 4.80. The molecule has 0 bridgehead atoms. The van der Waals surface area contributed by atoms with Crippen molar-refractivity contribution in [2.45, 2.75) is 6.92 Å². The van der Waals surface area contributed by atoms with Gasteiger partial charge in [0, 0.05) is 13.6 Å². The molecule has 1 aromatic rings. The maximum atomic E-state index is 11.4. The molecule has 0 saturated carbocycles. The van der Waals surface area contributed by atoms with Crippen LogP contribution in [-0.4, -0.2) is 26.0 Å². The molecule has 0 saturated heterocycles. The minimum Gasteiger partial charge on any atom is -0.364 e. The van der Waals surface area contributed by atoms with Crippen LogP contribution < -0.4 is 10.2 Å². The van der Waals surface area contributed by atoms with Crippen molar-refractivity contribution in [1.82, 2.24) is 5.32 Å². The topological polar surface area (TPSA) is 56.1 Å². The Balaban J connectivity index is 2.79. The Morgan fingerprint density at radius 3 is 2.82 bits per heavy atom. The summed E-state index contributed by atoms with van der Waals surface area (Å²) in [4.78, 5) is 13.2. The Hall–Kier alpha value is -1.73. The van der Waals surface area contributed by atoms with E-state index in [2.05, 4.69) is 5.32 Å². The van der Waals surface area contributed by atoms with Gasteiger partial charge in [0.2, 0.25) is 5.91 Å². The van der Waals surface area contributed by atoms with Crippen molar-refractivity contribution in [3.63, 3.8) is 0 Å². The molecular formula is C12H14ClN3O. The molecule has 0 radical (unpaired) electrons. The van der Waals surface area contributed by atoms with E-state index in [0.29, 0.717) is 17.1 Å². The van der Waals surface area contributed by atoms with Crippen LogP contribution in [0.4, 0.5) is 5.69 Å². The Labute approximate surface area is 106 Å². The number of amides is 1. The van der Waals surface area contributed by atoms with Gasteiger partial charge in [-0.1, -0.05) is 11.6 Å². The Morgan fingerprint density at radius 1 is 1.59 bits per heavy atom. The van der Waals surface area contributed by atoms with E-state index in [1.165, 1.54) is 0 Å². The summed E-state index contributed by atoms with van der Waals surface area (Å²) in [6.45, 7) is 2.71. The lowest BCUT2D eigenvalue weighted by molar-refractivity contribution is -0.119. The van der Waals surface area contributed by atoms with E-state index in [1.54, 1.807) is 30.1 Å². The second-order valence-electron chi connectivity index (χ2n) is 3.59. The Bertz CT molecular complexity index is 454. The lowest BCUT2D eigenvalue weighted by Gasteiger charge is -2.19. The summed E-state index contributed by atoms with van der Waals surface area (Å²) in [5.41, 5.74) is 1.24. The first-order valence-corrected chi connectivity index (χ1v) is 5.63. The highest BCUT2D eigenvalue weighted by Crippen LogP contribution is 2.25. The first-order chi connectivity index (χ1) is 8.08. The molecule has 0 spiro atoms. The number of carbonyl (C=O) groups is 1. The van der Waals surface area contributed by atoms with Gasteiger partial charge in [0.1, 0.15) is 0 Å². The van der Waals surface area contributed by atoms with Crippen molar-refractivity contribution in [3.8, 4) is 6.07 Å². The molecule has 0 aliphatic carbocycles. The van der Waals surface area contributed by atoms with E-state index in [0.717, 1.165) is 5.69 Å². The Morgan fingerprint density at radius 2 is 2.29 bits per heavy atom. The number of likely N-dealkylation sites (N-methyl/N-ethyl adjacent to an activating group) is 2. The third-order valence-electron chi connectivity index (χ3n) is 2.24. The van der Waals surface area contributed by atoms with Crippen molar-refractivity contribution in [1.29, 1.82) is 5.26 Å². The van der Waals surface area contributed by atoms with Crippen LogP contribution >= 0.6 is 11.6 Å². The molecular weight excluding hydrogens is 238 g/mol. The van der Waals surface area contributed by atoms with Crippen LogP contribution in [0.5, 0.6) is 0 Å². The zero-order valence-electron chi connectivity index (χ0n) is 9.83. The summed E-state index contributed by atoms with van der Waals surface area (Å²) >= 11 is 6.04. The molecule has 90 valence electrons. The second-order valence-corrected chi connectivity index (χ2v) is 3.99. The van der Waals surface area contributed by atoms with E-state index in [-0.39, 0.29) is 12.5 Å². The maximum absolute atomic E-state index is 11.4. The average molecular weight is 252 g/mol. The lowest BCUT2D eigenvalue weighted by Crippen LogP contribution is -2.35. The van der Waals surface area contributed by atoms with Crippen LogP contribution in [0.2, 0.25) is 5.02 Å². The second kappa shape index (κ2) is 6.12. The number of halogens is 1. The van der Waals surface area contributed by atoms with Gasteiger partial charge in [-0.2, -0.15) is 5.26 Å². The molecule has 0 fully saturated rings. The van der Waals surface area contributed by atoms with E-state index in [4.69, 9.17) is 16.9 Å². The zero-order chi connectivity index (χ0) is 12.8. The third kappa shape index (κ3) is 3.65. The fourth-order valence-corrected chi connectivity index (χ4v) is 1.76. The first kappa shape index (κ1) is 13.3. The first-order valence-electron chi connectivity index (χ1n) is 5.26. The zero-order valence-corrected chi connectivity index (χ0v) is 10.6. The third-order valence-corrected chi connectivity index (χ3v) is 2.55. The van der Waals surface area contributed by atoms with Gasteiger partial charge in [0.25, 0.3) is 0 Å². The molecule has 0 aliphatic heterocycles. The summed E-state index contributed by atoms with van der Waals surface area (Å²) in [6.07, 6.45) is 0. The van der Waals surface area contributed by atoms with Gasteiger partial charge in [-0.05, 0) is 25.1 Å². The van der Waals surface area contributed by atoms with Crippen molar-refractivity contribution in [2.75, 3.05) is 25.0 Å². The fraction of sp³-hybridized carbons (Fsp3) is 0.333. The summed E-state index contributed by atoms with van der Waals surface area (Å²) < 4.78 is 0. The normalized spacial score (nSPS) is 9.53. The molecule has 5 heteroatoms. The van der Waals surface area contributed by atoms with Crippen LogP contribution in [-0.2, 0) is 4.79 Å². The largest absolute Gasteiger partial charge is 0.364 e. The SMILES string of the molecule is CCNC(=O)CN(C)c1ccc(C#N)cc1Cl. The van der Waals surface area contributed by atoms with Crippen LogP contribution in [0.25, 0.3) is 0 Å². The van der Waals surface area contributed by atoms with Gasteiger partial charge in [-0.15, -0.1) is 0 Å². The highest BCUT2D eigenvalue weighted by molar-refractivity contribution is 6.33. The number of nitrogens with zero attached hydrogens (tertiary/aromatic N) is 2. The number of carbonyl (C=O) groups excluding carboxylic acids is 1. The maximum Gasteiger partial charge on any atom is 0.239 e. The smallest absolute Gasteiger partial charge is 0.239 e. The number of benzene rings is 1. The summed E-state index contributed by atoms with van der Waals surface area (Å²) in [7, 11) is 1.78. The van der Waals surface area contributed by atoms with Crippen LogP contribution in [0.15, 0.2) is 18.2 Å². The van der Waals surface area contributed by atoms with E-state index < -0.39 is 0 Å². The lowest BCUT2D eigenvalue weighted by atomic mass is 10.2. The molecule has 0 heterocycles. The molecule has 4 nitrogen and oxygen atoms in total. The summed E-state index contributed by atoms with van der Waals surface area (Å²) in [6, 6.07) is 7.01. The quantitative estimate of drug-likeness (QED) is 0.888. The average Bonchev–Trinajstić information content (AvgIpc) is 2.28.